The Bertz CT molecular complexity index is 1360. The molecule has 0 spiro atoms. The Balaban J connectivity index is 1.66. The van der Waals surface area contributed by atoms with Crippen LogP contribution in [-0.4, -0.2) is 70.4 Å². The van der Waals surface area contributed by atoms with E-state index in [-0.39, 0.29) is 27.8 Å². The number of carbonyl (C=O) groups excluding carboxylic acids is 5. The Morgan fingerprint density at radius 3 is 1.90 bits per heavy atom. The zero-order valence-electron chi connectivity index (χ0n) is 21.5. The summed E-state index contributed by atoms with van der Waals surface area (Å²) in [6.45, 7) is 4.41. The van der Waals surface area contributed by atoms with Crippen molar-refractivity contribution < 1.29 is 57.9 Å². The molecule has 0 radical (unpaired) electrons. The maximum atomic E-state index is 13.1. The van der Waals surface area contributed by atoms with Gasteiger partial charge in [-0.2, -0.15) is 0 Å². The molecule has 2 N–H and O–H groups in total. The Morgan fingerprint density at radius 2 is 1.33 bits per heavy atom. The number of phenolic OH excluding ortho intramolecular Hbond substituents is 2. The largest absolute Gasteiger partial charge is 0.507 e. The second-order valence-corrected chi connectivity index (χ2v) is 9.10. The van der Waals surface area contributed by atoms with E-state index in [1.54, 1.807) is 12.1 Å². The molecule has 2 aliphatic rings. The van der Waals surface area contributed by atoms with Crippen LogP contribution in [-0.2, 0) is 44.7 Å². The maximum Gasteiger partial charge on any atom is 0.303 e. The number of hydrogen-bond donors (Lipinski definition) is 2. The molecule has 0 unspecified atom stereocenters. The van der Waals surface area contributed by atoms with Crippen LogP contribution in [0.1, 0.15) is 65.1 Å². The second-order valence-electron chi connectivity index (χ2n) is 9.10. The first-order valence-corrected chi connectivity index (χ1v) is 12.0. The summed E-state index contributed by atoms with van der Waals surface area (Å²) in [5, 5.41) is 21.6. The number of benzene rings is 2. The molecule has 1 aliphatic heterocycles. The van der Waals surface area contributed by atoms with E-state index in [2.05, 4.69) is 0 Å². The number of aromatic hydroxyl groups is 2. The van der Waals surface area contributed by atoms with Gasteiger partial charge in [-0.15, -0.1) is 0 Å². The molecule has 1 heterocycles. The number of fused-ring (bicyclic) bond motifs is 2. The minimum Gasteiger partial charge on any atom is -0.507 e. The zero-order chi connectivity index (χ0) is 28.6. The van der Waals surface area contributed by atoms with Crippen molar-refractivity contribution in [3.63, 3.8) is 0 Å². The third kappa shape index (κ3) is 5.33. The minimum atomic E-state index is -1.39. The number of rotatable bonds is 6. The van der Waals surface area contributed by atoms with Crippen LogP contribution in [0.4, 0.5) is 0 Å². The highest BCUT2D eigenvalue weighted by molar-refractivity contribution is 6.30. The molecular formula is C27H26O12. The fraction of sp³-hybridized carbons (Fsp3) is 0.370. The molecule has 2 aromatic rings. The number of esters is 3. The number of ether oxygens (including phenoxy) is 5. The van der Waals surface area contributed by atoms with E-state index in [4.69, 9.17) is 23.7 Å². The molecular weight excluding hydrogens is 516 g/mol. The third-order valence-corrected chi connectivity index (χ3v) is 6.27. The van der Waals surface area contributed by atoms with E-state index in [1.807, 2.05) is 0 Å². The summed E-state index contributed by atoms with van der Waals surface area (Å²) >= 11 is 0. The van der Waals surface area contributed by atoms with Gasteiger partial charge in [-0.3, -0.25) is 24.0 Å². The van der Waals surface area contributed by atoms with Crippen LogP contribution in [0.15, 0.2) is 30.3 Å². The first-order chi connectivity index (χ1) is 18.4. The molecule has 0 bridgehead atoms. The summed E-state index contributed by atoms with van der Waals surface area (Å²) in [6, 6.07) is 7.11. The second kappa shape index (κ2) is 10.8. The molecule has 0 saturated carbocycles. The number of hydrogen-bond acceptors (Lipinski definition) is 12. The lowest BCUT2D eigenvalue weighted by molar-refractivity contribution is -0.303. The molecule has 1 aliphatic carbocycles. The van der Waals surface area contributed by atoms with E-state index in [9.17, 15) is 34.2 Å². The molecule has 1 fully saturated rings. The van der Waals surface area contributed by atoms with Gasteiger partial charge in [0.2, 0.25) is 0 Å². The van der Waals surface area contributed by atoms with Crippen molar-refractivity contribution in [2.75, 3.05) is 0 Å². The fourth-order valence-corrected chi connectivity index (χ4v) is 4.70. The molecule has 1 saturated heterocycles. The van der Waals surface area contributed by atoms with Gasteiger partial charge in [-0.25, -0.2) is 0 Å². The average Bonchev–Trinajstić information content (AvgIpc) is 2.86. The van der Waals surface area contributed by atoms with E-state index in [0.29, 0.717) is 0 Å². The predicted octanol–water partition coefficient (Wildman–Crippen LogP) is 1.93. The van der Waals surface area contributed by atoms with Gasteiger partial charge < -0.3 is 33.9 Å². The van der Waals surface area contributed by atoms with Crippen molar-refractivity contribution in [2.45, 2.75) is 65.0 Å². The summed E-state index contributed by atoms with van der Waals surface area (Å²) < 4.78 is 27.5. The van der Waals surface area contributed by atoms with Crippen molar-refractivity contribution in [3.8, 4) is 11.5 Å². The van der Waals surface area contributed by atoms with Crippen LogP contribution in [0.2, 0.25) is 0 Å². The molecule has 39 heavy (non-hydrogen) atoms. The maximum absolute atomic E-state index is 13.1. The van der Waals surface area contributed by atoms with Crippen molar-refractivity contribution in [1.29, 1.82) is 0 Å². The molecule has 0 amide bonds. The average molecular weight is 542 g/mol. The highest BCUT2D eigenvalue weighted by Crippen LogP contribution is 2.40. The van der Waals surface area contributed by atoms with Gasteiger partial charge in [-0.05, 0) is 13.0 Å². The summed E-state index contributed by atoms with van der Waals surface area (Å²) in [5.74, 6) is -4.63. The Labute approximate surface area is 222 Å². The van der Waals surface area contributed by atoms with Gasteiger partial charge in [0.15, 0.2) is 36.2 Å². The Hall–Kier alpha value is -4.29. The van der Waals surface area contributed by atoms with E-state index in [0.717, 1.165) is 26.8 Å². The topological polar surface area (TPSA) is 172 Å². The highest BCUT2D eigenvalue weighted by atomic mass is 16.7. The standard InChI is InChI=1S/C27H26O12/c1-11-24(37-12(2)28)25(38-13(3)29)26(39-14(4)30)27(36-11)35-10-15-9-18(31)19-20(21(15)32)23(34)17-8-6-5-7-16(17)22(19)33/h5-9,11,24-27,31-32H,10H2,1-4H3/t11-,24+,25+,26-,27-/m1/s1. The SMILES string of the molecule is CC(=O)O[C@H]1[C@@H](OC(C)=O)[C@@H](C)O[C@@H](OCc2cc(O)c3c(c2O)C(=O)c2ccccc2C3=O)[C@@H]1OC(C)=O. The van der Waals surface area contributed by atoms with Gasteiger partial charge >= 0.3 is 17.9 Å². The molecule has 0 aromatic heterocycles. The lowest BCUT2D eigenvalue weighted by Crippen LogP contribution is -2.61. The summed E-state index contributed by atoms with van der Waals surface area (Å²) in [7, 11) is 0. The molecule has 12 nitrogen and oxygen atoms in total. The predicted molar refractivity (Wildman–Crippen MR) is 129 cm³/mol. The summed E-state index contributed by atoms with van der Waals surface area (Å²) in [5.41, 5.74) is -0.612. The molecule has 12 heteroatoms. The van der Waals surface area contributed by atoms with Crippen molar-refractivity contribution in [2.24, 2.45) is 0 Å². The molecule has 206 valence electrons. The number of carbonyl (C=O) groups is 5. The first-order valence-electron chi connectivity index (χ1n) is 12.0. The number of phenols is 2. The summed E-state index contributed by atoms with van der Waals surface area (Å²) in [6.07, 6.45) is -6.12. The van der Waals surface area contributed by atoms with E-state index >= 15 is 0 Å². The zero-order valence-corrected chi connectivity index (χ0v) is 21.5. The lowest BCUT2D eigenvalue weighted by atomic mass is 9.82. The summed E-state index contributed by atoms with van der Waals surface area (Å²) in [4.78, 5) is 61.5. The van der Waals surface area contributed by atoms with Crippen LogP contribution < -0.4 is 0 Å². The first kappa shape index (κ1) is 27.7. The van der Waals surface area contributed by atoms with Crippen molar-refractivity contribution >= 4 is 29.5 Å². The monoisotopic (exact) mass is 542 g/mol. The van der Waals surface area contributed by atoms with Crippen LogP contribution in [0.25, 0.3) is 0 Å². The number of ketones is 2. The fourth-order valence-electron chi connectivity index (χ4n) is 4.70. The quantitative estimate of drug-likeness (QED) is 0.264. The van der Waals surface area contributed by atoms with E-state index in [1.165, 1.54) is 19.1 Å². The lowest BCUT2D eigenvalue weighted by Gasteiger charge is -2.43. The third-order valence-electron chi connectivity index (χ3n) is 6.27. The molecule has 4 rings (SSSR count). The van der Waals surface area contributed by atoms with Gasteiger partial charge in [0, 0.05) is 37.5 Å². The Morgan fingerprint density at radius 1 is 0.821 bits per heavy atom. The van der Waals surface area contributed by atoms with Gasteiger partial charge in [-0.1, -0.05) is 24.3 Å². The van der Waals surface area contributed by atoms with E-state index < -0.39 is 78.3 Å². The van der Waals surface area contributed by atoms with Crippen molar-refractivity contribution in [3.05, 3.63) is 58.1 Å². The highest BCUT2D eigenvalue weighted by Gasteiger charge is 2.51. The normalized spacial score (nSPS) is 23.8. The van der Waals surface area contributed by atoms with Crippen LogP contribution in [0, 0.1) is 0 Å². The minimum absolute atomic E-state index is 0.0721. The molecule has 5 atom stereocenters. The van der Waals surface area contributed by atoms with Gasteiger partial charge in [0.05, 0.1) is 23.8 Å². The van der Waals surface area contributed by atoms with Crippen molar-refractivity contribution in [1.82, 2.24) is 0 Å². The smallest absolute Gasteiger partial charge is 0.303 e. The Kier molecular flexibility index (Phi) is 7.70. The van der Waals surface area contributed by atoms with Gasteiger partial charge in [0.25, 0.3) is 0 Å². The molecule has 2 aromatic carbocycles. The van der Waals surface area contributed by atoms with Crippen LogP contribution >= 0.6 is 0 Å². The van der Waals surface area contributed by atoms with Crippen LogP contribution in [0.5, 0.6) is 11.5 Å². The van der Waals surface area contributed by atoms with Crippen LogP contribution in [0.3, 0.4) is 0 Å². The van der Waals surface area contributed by atoms with Gasteiger partial charge in [0.1, 0.15) is 11.5 Å².